The van der Waals surface area contributed by atoms with Crippen molar-refractivity contribution < 1.29 is 42.1 Å². The summed E-state index contributed by atoms with van der Waals surface area (Å²) in [5, 5.41) is 0. The van der Waals surface area contributed by atoms with Gasteiger partial charge in [-0.2, -0.15) is 0 Å². The number of hydrogen-bond acceptors (Lipinski definition) is 7. The highest BCUT2D eigenvalue weighted by atomic mass is 31.2. The first-order valence-corrected chi connectivity index (χ1v) is 25.2. The third kappa shape index (κ3) is 45.0. The summed E-state index contributed by atoms with van der Waals surface area (Å²) in [4.78, 5) is 35.5. The molecule has 0 aliphatic rings. The summed E-state index contributed by atoms with van der Waals surface area (Å²) in [5.41, 5.74) is 0. The Kier molecular flexibility index (Phi) is 40.0. The number of likely N-dealkylation sites (N-methyl/N-ethyl adjacent to an activating group) is 1. The lowest BCUT2D eigenvalue weighted by Gasteiger charge is -2.24. The first kappa shape index (κ1) is 57.4. The van der Waals surface area contributed by atoms with Crippen molar-refractivity contribution in [3.8, 4) is 0 Å². The Labute approximate surface area is 368 Å². The zero-order valence-corrected chi connectivity index (χ0v) is 39.8. The zero-order valence-electron chi connectivity index (χ0n) is 38.9. The van der Waals surface area contributed by atoms with E-state index in [2.05, 4.69) is 86.8 Å². The van der Waals surface area contributed by atoms with Crippen molar-refractivity contribution in [1.29, 1.82) is 0 Å². The van der Waals surface area contributed by atoms with Crippen LogP contribution in [0.15, 0.2) is 72.9 Å². The van der Waals surface area contributed by atoms with Gasteiger partial charge in [0.05, 0.1) is 27.7 Å². The predicted molar refractivity (Wildman–Crippen MR) is 252 cm³/mol. The Hall–Kier alpha value is -2.55. The summed E-state index contributed by atoms with van der Waals surface area (Å²) in [7, 11) is 1.44. The summed E-state index contributed by atoms with van der Waals surface area (Å²) in [6.45, 7) is 4.26. The molecule has 0 spiro atoms. The number of carbonyl (C=O) groups is 2. The van der Waals surface area contributed by atoms with Crippen LogP contribution in [0.5, 0.6) is 0 Å². The number of esters is 2. The van der Waals surface area contributed by atoms with Crippen LogP contribution in [0, 0.1) is 0 Å². The fourth-order valence-electron chi connectivity index (χ4n) is 6.03. The molecule has 0 aromatic heterocycles. The standard InChI is InChI=1S/C50H88NO8P/c1-6-8-10-12-14-16-18-20-22-24-25-27-28-30-32-34-36-38-40-42-49(52)56-46-48(47-58-60(54,55)57-45-44-51(3,4)5)59-50(53)43-41-39-37-35-33-31-29-26-23-21-19-17-15-13-11-9-7-2/h8,10,14,16,20-23,25,27,30,32,48H,6-7,9,11-13,15,17-19,24,26,28-29,31,33-47H2,1-5H3/p+1/b10-8-,16-14-,22-20-,23-21-,27-25-,32-30-/t48-/m1/s1. The smallest absolute Gasteiger partial charge is 0.462 e. The molecule has 9 nitrogen and oxygen atoms in total. The van der Waals surface area contributed by atoms with Gasteiger partial charge in [0.1, 0.15) is 19.8 Å². The first-order valence-electron chi connectivity index (χ1n) is 23.7. The summed E-state index contributed by atoms with van der Waals surface area (Å²) in [6.07, 6.45) is 52.3. The van der Waals surface area contributed by atoms with E-state index in [1.54, 1.807) is 0 Å². The van der Waals surface area contributed by atoms with E-state index in [-0.39, 0.29) is 26.1 Å². The van der Waals surface area contributed by atoms with Crippen molar-refractivity contribution in [3.05, 3.63) is 72.9 Å². The lowest BCUT2D eigenvalue weighted by Crippen LogP contribution is -2.37. The van der Waals surface area contributed by atoms with Crippen LogP contribution < -0.4 is 0 Å². The topological polar surface area (TPSA) is 108 Å². The molecule has 346 valence electrons. The molecule has 0 amide bonds. The van der Waals surface area contributed by atoms with E-state index >= 15 is 0 Å². The molecular formula is C50H89NO8P+. The van der Waals surface area contributed by atoms with E-state index in [1.807, 2.05) is 21.1 Å². The van der Waals surface area contributed by atoms with Crippen molar-refractivity contribution in [2.75, 3.05) is 47.5 Å². The second-order valence-corrected chi connectivity index (χ2v) is 18.2. The van der Waals surface area contributed by atoms with Crippen molar-refractivity contribution in [3.63, 3.8) is 0 Å². The Balaban J connectivity index is 4.39. The first-order chi connectivity index (χ1) is 29.0. The number of quaternary nitrogens is 1. The van der Waals surface area contributed by atoms with Crippen molar-refractivity contribution >= 4 is 19.8 Å². The third-order valence-electron chi connectivity index (χ3n) is 9.72. The third-order valence-corrected chi connectivity index (χ3v) is 10.7. The number of unbranched alkanes of at least 4 members (excludes halogenated alkanes) is 16. The van der Waals surface area contributed by atoms with Crippen LogP contribution in [0.3, 0.4) is 0 Å². The largest absolute Gasteiger partial charge is 0.472 e. The monoisotopic (exact) mass is 863 g/mol. The Morgan fingerprint density at radius 3 is 1.45 bits per heavy atom. The molecular weight excluding hydrogens is 774 g/mol. The highest BCUT2D eigenvalue weighted by Gasteiger charge is 2.27. The Morgan fingerprint density at radius 1 is 0.533 bits per heavy atom. The van der Waals surface area contributed by atoms with Crippen LogP contribution >= 0.6 is 7.82 Å². The number of phosphoric ester groups is 1. The zero-order chi connectivity index (χ0) is 44.3. The fraction of sp³-hybridized carbons (Fsp3) is 0.720. The minimum absolute atomic E-state index is 0.0220. The average molecular weight is 863 g/mol. The summed E-state index contributed by atoms with van der Waals surface area (Å²) >= 11 is 0. The molecule has 0 radical (unpaired) electrons. The van der Waals surface area contributed by atoms with Gasteiger partial charge in [0.2, 0.25) is 0 Å². The highest BCUT2D eigenvalue weighted by Crippen LogP contribution is 2.43. The lowest BCUT2D eigenvalue weighted by atomic mass is 10.1. The summed E-state index contributed by atoms with van der Waals surface area (Å²) < 4.78 is 34.3. The van der Waals surface area contributed by atoms with Crippen LogP contribution in [0.25, 0.3) is 0 Å². The maximum absolute atomic E-state index is 12.7. The van der Waals surface area contributed by atoms with E-state index in [9.17, 15) is 19.0 Å². The highest BCUT2D eigenvalue weighted by molar-refractivity contribution is 7.47. The number of allylic oxidation sites excluding steroid dienone is 12. The fourth-order valence-corrected chi connectivity index (χ4v) is 6.78. The number of rotatable bonds is 42. The molecule has 0 aromatic carbocycles. The molecule has 0 fully saturated rings. The van der Waals surface area contributed by atoms with E-state index < -0.39 is 32.5 Å². The van der Waals surface area contributed by atoms with Gasteiger partial charge in [-0.05, 0) is 83.5 Å². The lowest BCUT2D eigenvalue weighted by molar-refractivity contribution is -0.870. The second-order valence-electron chi connectivity index (χ2n) is 16.8. The summed E-state index contributed by atoms with van der Waals surface area (Å²) in [5.74, 6) is -0.845. The number of hydrogen-bond donors (Lipinski definition) is 1. The van der Waals surface area contributed by atoms with Gasteiger partial charge in [-0.25, -0.2) is 4.57 Å². The number of phosphoric acid groups is 1. The predicted octanol–water partition coefficient (Wildman–Crippen LogP) is 13.8. The molecule has 2 atom stereocenters. The maximum Gasteiger partial charge on any atom is 0.472 e. The molecule has 0 rings (SSSR count). The normalized spacial score (nSPS) is 14.2. The van der Waals surface area contributed by atoms with Gasteiger partial charge in [-0.15, -0.1) is 0 Å². The molecule has 0 aliphatic carbocycles. The Bertz CT molecular complexity index is 1250. The Morgan fingerprint density at radius 2 is 0.950 bits per heavy atom. The van der Waals surface area contributed by atoms with Crippen LogP contribution in [0.4, 0.5) is 0 Å². The molecule has 0 saturated heterocycles. The van der Waals surface area contributed by atoms with Crippen molar-refractivity contribution in [2.45, 2.75) is 187 Å². The molecule has 60 heavy (non-hydrogen) atoms. The van der Waals surface area contributed by atoms with Gasteiger partial charge in [-0.3, -0.25) is 18.6 Å². The van der Waals surface area contributed by atoms with Gasteiger partial charge in [0, 0.05) is 12.8 Å². The molecule has 0 saturated carbocycles. The number of ether oxygens (including phenoxy) is 2. The van der Waals surface area contributed by atoms with E-state index in [0.717, 1.165) is 77.0 Å². The van der Waals surface area contributed by atoms with Crippen LogP contribution in [0.2, 0.25) is 0 Å². The number of carbonyl (C=O) groups excluding carboxylic acids is 2. The van der Waals surface area contributed by atoms with Gasteiger partial charge in [0.25, 0.3) is 0 Å². The molecule has 0 aliphatic heterocycles. The SMILES string of the molecule is CC/C=C\C/C=C\C/C=C\C/C=C\C/C=C\CCCCCC(=O)OC[C@H](COP(=O)(O)OCC[N+](C)(C)C)OC(=O)CCCCCCCCC/C=C\CCCCCCCC. The van der Waals surface area contributed by atoms with Gasteiger partial charge < -0.3 is 18.9 Å². The molecule has 10 heteroatoms. The van der Waals surface area contributed by atoms with Crippen molar-refractivity contribution in [1.82, 2.24) is 0 Å². The van der Waals surface area contributed by atoms with Gasteiger partial charge in [0.15, 0.2) is 6.10 Å². The minimum atomic E-state index is -4.39. The molecule has 0 bridgehead atoms. The van der Waals surface area contributed by atoms with E-state index in [1.165, 1.54) is 64.2 Å². The second kappa shape index (κ2) is 41.8. The molecule has 1 N–H and O–H groups in total. The van der Waals surface area contributed by atoms with Crippen LogP contribution in [0.1, 0.15) is 181 Å². The molecule has 1 unspecified atom stereocenters. The molecule has 0 aromatic rings. The minimum Gasteiger partial charge on any atom is -0.462 e. The molecule has 0 heterocycles. The summed E-state index contributed by atoms with van der Waals surface area (Å²) in [6, 6.07) is 0. The maximum atomic E-state index is 12.7. The van der Waals surface area contributed by atoms with Crippen LogP contribution in [-0.4, -0.2) is 74.9 Å². The van der Waals surface area contributed by atoms with E-state index in [4.69, 9.17) is 18.5 Å². The van der Waals surface area contributed by atoms with Gasteiger partial charge in [-0.1, -0.05) is 157 Å². The average Bonchev–Trinajstić information content (AvgIpc) is 3.20. The van der Waals surface area contributed by atoms with Gasteiger partial charge >= 0.3 is 19.8 Å². The quantitative estimate of drug-likeness (QED) is 0.0212. The van der Waals surface area contributed by atoms with Crippen molar-refractivity contribution in [2.24, 2.45) is 0 Å². The van der Waals surface area contributed by atoms with Crippen LogP contribution in [-0.2, 0) is 32.7 Å². The van der Waals surface area contributed by atoms with E-state index in [0.29, 0.717) is 23.9 Å². The number of nitrogens with zero attached hydrogens (tertiary/aromatic N) is 1.